The van der Waals surface area contributed by atoms with E-state index in [2.05, 4.69) is 5.10 Å². The molecule has 24 heavy (non-hydrogen) atoms. The summed E-state index contributed by atoms with van der Waals surface area (Å²) in [6, 6.07) is 9.51. The van der Waals surface area contributed by atoms with Crippen LogP contribution >= 0.6 is 0 Å². The molecule has 1 atom stereocenters. The van der Waals surface area contributed by atoms with Gasteiger partial charge in [-0.2, -0.15) is 5.10 Å². The molecule has 1 amide bonds. The molecule has 0 aliphatic rings. The average molecular weight is 331 g/mol. The predicted molar refractivity (Wildman–Crippen MR) is 92.6 cm³/mol. The van der Waals surface area contributed by atoms with Gasteiger partial charge in [-0.15, -0.1) is 0 Å². The SMILES string of the molecule is CCOc1cn(-c2ccccc2)nc1C(=O)N(CC(C)O)C(C)C. The van der Waals surface area contributed by atoms with E-state index >= 15 is 0 Å². The first-order valence-electron chi connectivity index (χ1n) is 8.21. The van der Waals surface area contributed by atoms with Crippen molar-refractivity contribution < 1.29 is 14.6 Å². The zero-order valence-corrected chi connectivity index (χ0v) is 14.6. The fourth-order valence-electron chi connectivity index (χ4n) is 2.43. The summed E-state index contributed by atoms with van der Waals surface area (Å²) in [6.45, 7) is 8.04. The fraction of sp³-hybridized carbons (Fsp3) is 0.444. The highest BCUT2D eigenvalue weighted by atomic mass is 16.5. The van der Waals surface area contributed by atoms with Crippen molar-refractivity contribution in [1.82, 2.24) is 14.7 Å². The van der Waals surface area contributed by atoms with E-state index in [1.165, 1.54) is 0 Å². The first-order valence-corrected chi connectivity index (χ1v) is 8.21. The number of ether oxygens (including phenoxy) is 1. The summed E-state index contributed by atoms with van der Waals surface area (Å²) in [5.74, 6) is 0.201. The maximum absolute atomic E-state index is 12.9. The number of rotatable bonds is 7. The smallest absolute Gasteiger partial charge is 0.278 e. The van der Waals surface area contributed by atoms with Gasteiger partial charge in [0.15, 0.2) is 11.4 Å². The molecule has 130 valence electrons. The van der Waals surface area contributed by atoms with Crippen molar-refractivity contribution in [2.45, 2.75) is 39.8 Å². The number of hydrogen-bond donors (Lipinski definition) is 1. The van der Waals surface area contributed by atoms with Crippen LogP contribution in [0.25, 0.3) is 5.69 Å². The highest BCUT2D eigenvalue weighted by molar-refractivity contribution is 5.95. The third kappa shape index (κ3) is 4.14. The van der Waals surface area contributed by atoms with Crippen molar-refractivity contribution in [1.29, 1.82) is 0 Å². The maximum Gasteiger partial charge on any atom is 0.278 e. The second kappa shape index (κ2) is 7.97. The summed E-state index contributed by atoms with van der Waals surface area (Å²) in [7, 11) is 0. The van der Waals surface area contributed by atoms with Crippen LogP contribution in [-0.4, -0.2) is 51.0 Å². The van der Waals surface area contributed by atoms with Crippen LogP contribution in [-0.2, 0) is 0 Å². The minimum absolute atomic E-state index is 0.0524. The third-order valence-electron chi connectivity index (χ3n) is 3.55. The zero-order valence-electron chi connectivity index (χ0n) is 14.6. The molecule has 0 saturated carbocycles. The Morgan fingerprint density at radius 1 is 1.29 bits per heavy atom. The molecule has 0 radical (unpaired) electrons. The van der Waals surface area contributed by atoms with Gasteiger partial charge in [0.1, 0.15) is 0 Å². The molecular formula is C18H25N3O3. The molecule has 6 nitrogen and oxygen atoms in total. The Balaban J connectivity index is 2.40. The van der Waals surface area contributed by atoms with Gasteiger partial charge in [0.25, 0.3) is 5.91 Å². The molecule has 6 heteroatoms. The number of hydrogen-bond acceptors (Lipinski definition) is 4. The lowest BCUT2D eigenvalue weighted by molar-refractivity contribution is 0.0569. The lowest BCUT2D eigenvalue weighted by Gasteiger charge is -2.27. The van der Waals surface area contributed by atoms with Crippen molar-refractivity contribution in [3.05, 3.63) is 42.2 Å². The molecule has 1 aromatic heterocycles. The van der Waals surface area contributed by atoms with Crippen LogP contribution in [0, 0.1) is 0 Å². The molecule has 0 bridgehead atoms. The Morgan fingerprint density at radius 3 is 2.50 bits per heavy atom. The predicted octanol–water partition coefficient (Wildman–Crippen LogP) is 2.50. The topological polar surface area (TPSA) is 67.6 Å². The molecule has 0 spiro atoms. The van der Waals surface area contributed by atoms with Gasteiger partial charge in [0, 0.05) is 12.6 Å². The quantitative estimate of drug-likeness (QED) is 0.846. The van der Waals surface area contributed by atoms with Crippen molar-refractivity contribution in [2.24, 2.45) is 0 Å². The number of aliphatic hydroxyl groups is 1. The molecule has 2 aromatic rings. The van der Waals surface area contributed by atoms with E-state index in [0.717, 1.165) is 5.69 Å². The molecule has 1 N–H and O–H groups in total. The first kappa shape index (κ1) is 18.0. The van der Waals surface area contributed by atoms with Crippen molar-refractivity contribution in [2.75, 3.05) is 13.2 Å². The van der Waals surface area contributed by atoms with E-state index in [0.29, 0.717) is 12.4 Å². The zero-order chi connectivity index (χ0) is 17.7. The lowest BCUT2D eigenvalue weighted by Crippen LogP contribution is -2.41. The Kier molecular flexibility index (Phi) is 5.98. The van der Waals surface area contributed by atoms with Crippen LogP contribution in [0.5, 0.6) is 5.75 Å². The first-order chi connectivity index (χ1) is 11.4. The van der Waals surface area contributed by atoms with E-state index in [9.17, 15) is 9.90 Å². The molecule has 0 saturated heterocycles. The number of benzene rings is 1. The Bertz CT molecular complexity index is 665. The largest absolute Gasteiger partial charge is 0.490 e. The number of aliphatic hydroxyl groups excluding tert-OH is 1. The minimum atomic E-state index is -0.608. The molecule has 0 aliphatic heterocycles. The Hall–Kier alpha value is -2.34. The lowest BCUT2D eigenvalue weighted by atomic mass is 10.2. The second-order valence-electron chi connectivity index (χ2n) is 5.96. The van der Waals surface area contributed by atoms with E-state index in [-0.39, 0.29) is 24.2 Å². The van der Waals surface area contributed by atoms with Crippen LogP contribution < -0.4 is 4.74 Å². The van der Waals surface area contributed by atoms with Crippen LogP contribution in [0.15, 0.2) is 36.5 Å². The standard InChI is InChI=1S/C18H25N3O3/c1-5-24-16-12-21(15-9-7-6-8-10-15)19-17(16)18(23)20(13(2)3)11-14(4)22/h6-10,12-14,22H,5,11H2,1-4H3. The fourth-order valence-corrected chi connectivity index (χ4v) is 2.43. The van der Waals surface area contributed by atoms with Crippen LogP contribution in [0.4, 0.5) is 0 Å². The van der Waals surface area contributed by atoms with Gasteiger partial charge in [-0.05, 0) is 39.8 Å². The van der Waals surface area contributed by atoms with Gasteiger partial charge >= 0.3 is 0 Å². The number of carbonyl (C=O) groups excluding carboxylic acids is 1. The number of carbonyl (C=O) groups is 1. The minimum Gasteiger partial charge on any atom is -0.490 e. The summed E-state index contributed by atoms with van der Waals surface area (Å²) in [5, 5.41) is 14.1. The Labute approximate surface area is 142 Å². The second-order valence-corrected chi connectivity index (χ2v) is 5.96. The molecule has 0 fully saturated rings. The number of aromatic nitrogens is 2. The third-order valence-corrected chi connectivity index (χ3v) is 3.55. The summed E-state index contributed by atoms with van der Waals surface area (Å²) in [6.07, 6.45) is 1.11. The highest BCUT2D eigenvalue weighted by Crippen LogP contribution is 2.22. The number of amides is 1. The summed E-state index contributed by atoms with van der Waals surface area (Å²) in [5.41, 5.74) is 1.11. The summed E-state index contributed by atoms with van der Waals surface area (Å²) in [4.78, 5) is 14.5. The molecule has 2 rings (SSSR count). The molecular weight excluding hydrogens is 306 g/mol. The molecule has 1 heterocycles. The van der Waals surface area contributed by atoms with Crippen molar-refractivity contribution in [3.63, 3.8) is 0 Å². The summed E-state index contributed by atoms with van der Waals surface area (Å²) < 4.78 is 7.24. The summed E-state index contributed by atoms with van der Waals surface area (Å²) >= 11 is 0. The van der Waals surface area contributed by atoms with Gasteiger partial charge in [-0.1, -0.05) is 18.2 Å². The normalized spacial score (nSPS) is 12.2. The van der Waals surface area contributed by atoms with E-state index in [1.807, 2.05) is 51.1 Å². The van der Waals surface area contributed by atoms with E-state index in [4.69, 9.17) is 4.74 Å². The van der Waals surface area contributed by atoms with E-state index < -0.39 is 6.10 Å². The van der Waals surface area contributed by atoms with Gasteiger partial charge in [0.2, 0.25) is 0 Å². The molecule has 0 aliphatic carbocycles. The van der Waals surface area contributed by atoms with Crippen LogP contribution in [0.1, 0.15) is 38.2 Å². The number of nitrogens with zero attached hydrogens (tertiary/aromatic N) is 3. The van der Waals surface area contributed by atoms with Crippen molar-refractivity contribution >= 4 is 5.91 Å². The van der Waals surface area contributed by atoms with Gasteiger partial charge < -0.3 is 14.7 Å². The number of para-hydroxylation sites is 1. The molecule has 1 unspecified atom stereocenters. The Morgan fingerprint density at radius 2 is 1.96 bits per heavy atom. The highest BCUT2D eigenvalue weighted by Gasteiger charge is 2.26. The van der Waals surface area contributed by atoms with E-state index in [1.54, 1.807) is 22.7 Å². The maximum atomic E-state index is 12.9. The van der Waals surface area contributed by atoms with Crippen LogP contribution in [0.2, 0.25) is 0 Å². The van der Waals surface area contributed by atoms with Gasteiger partial charge in [-0.25, -0.2) is 4.68 Å². The van der Waals surface area contributed by atoms with Gasteiger partial charge in [0.05, 0.1) is 24.6 Å². The van der Waals surface area contributed by atoms with Crippen LogP contribution in [0.3, 0.4) is 0 Å². The van der Waals surface area contributed by atoms with Crippen molar-refractivity contribution in [3.8, 4) is 11.4 Å². The monoisotopic (exact) mass is 331 g/mol. The molecule has 1 aromatic carbocycles. The average Bonchev–Trinajstić information content (AvgIpc) is 2.97. The van der Waals surface area contributed by atoms with Gasteiger partial charge in [-0.3, -0.25) is 4.79 Å².